The molecule has 2 aromatic rings. The number of amides is 1. The molecule has 1 fully saturated rings. The van der Waals surface area contributed by atoms with Gasteiger partial charge in [0, 0.05) is 4.88 Å². The van der Waals surface area contributed by atoms with Gasteiger partial charge in [-0.05, 0) is 45.9 Å². The Hall–Kier alpha value is -2.18. The van der Waals surface area contributed by atoms with Gasteiger partial charge in [-0.2, -0.15) is 0 Å². The molecule has 0 atom stereocenters. The number of nitrogens with zero attached hydrogens (tertiary/aromatic N) is 2. The summed E-state index contributed by atoms with van der Waals surface area (Å²) >= 11 is 1.18. The first-order valence-corrected chi connectivity index (χ1v) is 12.4. The van der Waals surface area contributed by atoms with E-state index in [1.807, 2.05) is 6.92 Å². The van der Waals surface area contributed by atoms with Crippen LogP contribution in [-0.2, 0) is 24.8 Å². The Morgan fingerprint density at radius 1 is 1.28 bits per heavy atom. The van der Waals surface area contributed by atoms with Crippen LogP contribution in [0.25, 0.3) is 0 Å². The Balaban J connectivity index is 2.09. The van der Waals surface area contributed by atoms with E-state index in [0.29, 0.717) is 10.00 Å². The lowest BCUT2D eigenvalue weighted by molar-refractivity contribution is -0.123. The lowest BCUT2D eigenvalue weighted by Crippen LogP contribution is -2.33. The van der Waals surface area contributed by atoms with Crippen molar-refractivity contribution in [2.24, 2.45) is 5.41 Å². The third kappa shape index (κ3) is 3.83. The van der Waals surface area contributed by atoms with Crippen LogP contribution in [0.2, 0.25) is 0 Å². The number of carbonyl (C=O) groups is 1. The third-order valence-electron chi connectivity index (χ3n) is 4.51. The molecule has 1 N–H and O–H groups in total. The van der Waals surface area contributed by atoms with Gasteiger partial charge in [-0.15, -0.1) is 11.3 Å². The van der Waals surface area contributed by atoms with Crippen molar-refractivity contribution in [3.05, 3.63) is 28.8 Å². The number of carbonyl (C=O) groups excluding carboxylic acids is 1. The van der Waals surface area contributed by atoms with Crippen molar-refractivity contribution in [3.8, 4) is 5.75 Å². The number of hydrogen-bond acceptors (Lipinski definition) is 8. The number of benzene rings is 1. The van der Waals surface area contributed by atoms with Crippen LogP contribution in [-0.4, -0.2) is 40.6 Å². The fourth-order valence-electron chi connectivity index (χ4n) is 2.95. The van der Waals surface area contributed by atoms with Crippen molar-refractivity contribution in [1.82, 2.24) is 4.98 Å². The molecule has 1 amide bonds. The summed E-state index contributed by atoms with van der Waals surface area (Å²) in [7, 11) is -6.78. The van der Waals surface area contributed by atoms with Gasteiger partial charge in [0.05, 0.1) is 29.7 Å². The van der Waals surface area contributed by atoms with Gasteiger partial charge in [0.1, 0.15) is 10.6 Å². The third-order valence-corrected chi connectivity index (χ3v) is 9.00. The average Bonchev–Trinajstić information content (AvgIpc) is 2.98. The summed E-state index contributed by atoms with van der Waals surface area (Å²) in [6, 6.07) is 3.77. The van der Waals surface area contributed by atoms with Gasteiger partial charge in [-0.3, -0.25) is 9.52 Å². The first-order chi connectivity index (χ1) is 13.3. The van der Waals surface area contributed by atoms with E-state index in [-0.39, 0.29) is 27.2 Å². The molecule has 0 unspecified atom stereocenters. The Bertz CT molecular complexity index is 1180. The summed E-state index contributed by atoms with van der Waals surface area (Å²) in [4.78, 5) is 17.4. The molecule has 0 bridgehead atoms. The smallest absolute Gasteiger partial charge is 0.267 e. The van der Waals surface area contributed by atoms with Gasteiger partial charge in [0.2, 0.25) is 15.9 Å². The van der Waals surface area contributed by atoms with Crippen LogP contribution >= 0.6 is 11.3 Å². The number of anilines is 2. The van der Waals surface area contributed by atoms with E-state index in [4.69, 9.17) is 4.74 Å². The molecule has 2 heterocycles. The molecular formula is C17H21N3O6S3. The van der Waals surface area contributed by atoms with E-state index < -0.39 is 31.4 Å². The summed E-state index contributed by atoms with van der Waals surface area (Å²) in [5.41, 5.74) is -0.468. The van der Waals surface area contributed by atoms with Gasteiger partial charge in [-0.25, -0.2) is 26.1 Å². The minimum absolute atomic E-state index is 0.00885. The highest BCUT2D eigenvalue weighted by Gasteiger charge is 2.50. The zero-order valence-electron chi connectivity index (χ0n) is 16.5. The fourth-order valence-corrected chi connectivity index (χ4v) is 7.29. The van der Waals surface area contributed by atoms with Crippen LogP contribution < -0.4 is 13.8 Å². The zero-order valence-corrected chi connectivity index (χ0v) is 19.0. The topological polar surface area (TPSA) is 123 Å². The van der Waals surface area contributed by atoms with Crippen LogP contribution in [0.3, 0.4) is 0 Å². The van der Waals surface area contributed by atoms with Gasteiger partial charge in [-0.1, -0.05) is 0 Å². The molecule has 1 aliphatic rings. The maximum absolute atomic E-state index is 13.0. The molecule has 1 saturated heterocycles. The van der Waals surface area contributed by atoms with Crippen LogP contribution in [0.4, 0.5) is 10.8 Å². The second-order valence-electron chi connectivity index (χ2n) is 7.31. The SMILES string of the molecule is COc1ccc(N2C(=O)C(C)(C)CS2(=O)=O)cc1S(=O)(=O)Nc1nc(C)c(C)s1. The van der Waals surface area contributed by atoms with E-state index in [1.165, 1.54) is 44.4 Å². The van der Waals surface area contributed by atoms with Crippen LogP contribution in [0.15, 0.2) is 23.1 Å². The first kappa shape index (κ1) is 21.5. The van der Waals surface area contributed by atoms with Gasteiger partial charge in [0.15, 0.2) is 5.13 Å². The molecule has 1 aromatic heterocycles. The van der Waals surface area contributed by atoms with E-state index in [9.17, 15) is 21.6 Å². The summed E-state index contributed by atoms with van der Waals surface area (Å²) in [6.45, 7) is 6.64. The van der Waals surface area contributed by atoms with Gasteiger partial charge >= 0.3 is 0 Å². The van der Waals surface area contributed by atoms with E-state index in [1.54, 1.807) is 6.92 Å². The number of aryl methyl sites for hydroxylation is 2. The largest absolute Gasteiger partial charge is 0.495 e. The second kappa shape index (κ2) is 6.96. The lowest BCUT2D eigenvalue weighted by Gasteiger charge is -2.19. The molecule has 9 nitrogen and oxygen atoms in total. The van der Waals surface area contributed by atoms with E-state index >= 15 is 0 Å². The molecule has 0 aliphatic carbocycles. The minimum atomic E-state index is -4.15. The van der Waals surface area contributed by atoms with E-state index in [0.717, 1.165) is 10.9 Å². The predicted octanol–water partition coefficient (Wildman–Crippen LogP) is 2.27. The Morgan fingerprint density at radius 2 is 1.93 bits per heavy atom. The molecule has 158 valence electrons. The van der Waals surface area contributed by atoms with Gasteiger partial charge < -0.3 is 4.74 Å². The highest BCUT2D eigenvalue weighted by molar-refractivity contribution is 7.94. The fraction of sp³-hybridized carbons (Fsp3) is 0.412. The van der Waals surface area contributed by atoms with E-state index in [2.05, 4.69) is 9.71 Å². The van der Waals surface area contributed by atoms with Crippen molar-refractivity contribution in [3.63, 3.8) is 0 Å². The number of nitrogens with one attached hydrogen (secondary N) is 1. The first-order valence-electron chi connectivity index (χ1n) is 8.51. The Kier molecular flexibility index (Phi) is 5.16. The van der Waals surface area contributed by atoms with Crippen molar-refractivity contribution in [2.75, 3.05) is 21.9 Å². The summed E-state index contributed by atoms with van der Waals surface area (Å²) in [5, 5.41) is 0.179. The number of aromatic nitrogens is 1. The standard InChI is InChI=1S/C17H21N3O6S3/c1-10-11(2)27-16(18-10)19-29(24,25)14-8-12(6-7-13(14)26-5)20-15(21)17(3,4)9-28(20,22)23/h6-8H,9H2,1-5H3,(H,18,19). The number of ether oxygens (including phenoxy) is 1. The van der Waals surface area contributed by atoms with Gasteiger partial charge in [0.25, 0.3) is 10.0 Å². The zero-order chi connectivity index (χ0) is 21.8. The van der Waals surface area contributed by atoms with Crippen LogP contribution in [0.5, 0.6) is 5.75 Å². The van der Waals surface area contributed by atoms with Crippen molar-refractivity contribution < 1.29 is 26.4 Å². The molecule has 0 saturated carbocycles. The number of thiazole rings is 1. The molecule has 1 aliphatic heterocycles. The number of hydrogen-bond donors (Lipinski definition) is 1. The average molecular weight is 460 g/mol. The normalized spacial score (nSPS) is 18.1. The van der Waals surface area contributed by atoms with Crippen molar-refractivity contribution in [2.45, 2.75) is 32.6 Å². The molecule has 29 heavy (non-hydrogen) atoms. The monoisotopic (exact) mass is 459 g/mol. The molecule has 12 heteroatoms. The number of methoxy groups -OCH3 is 1. The predicted molar refractivity (Wildman–Crippen MR) is 110 cm³/mol. The molecule has 3 rings (SSSR count). The minimum Gasteiger partial charge on any atom is -0.495 e. The lowest BCUT2D eigenvalue weighted by atomic mass is 9.95. The van der Waals surface area contributed by atoms with Crippen molar-refractivity contribution >= 4 is 48.1 Å². The van der Waals surface area contributed by atoms with Crippen LogP contribution in [0, 0.1) is 19.3 Å². The highest BCUT2D eigenvalue weighted by Crippen LogP contribution is 2.38. The number of sulfonamides is 2. The quantitative estimate of drug-likeness (QED) is 0.727. The van der Waals surface area contributed by atoms with Crippen LogP contribution in [0.1, 0.15) is 24.4 Å². The maximum atomic E-state index is 13.0. The highest BCUT2D eigenvalue weighted by atomic mass is 32.2. The summed E-state index contributed by atoms with van der Waals surface area (Å²) < 4.78 is 59.2. The molecule has 0 spiro atoms. The van der Waals surface area contributed by atoms with Crippen molar-refractivity contribution in [1.29, 1.82) is 0 Å². The Labute approximate surface area is 173 Å². The number of rotatable bonds is 5. The molecule has 0 radical (unpaired) electrons. The second-order valence-corrected chi connectivity index (χ2v) is 12.0. The molecule has 1 aromatic carbocycles. The maximum Gasteiger partial charge on any atom is 0.267 e. The summed E-state index contributed by atoms with van der Waals surface area (Å²) in [5.74, 6) is -0.970. The molecular weight excluding hydrogens is 438 g/mol. The Morgan fingerprint density at radius 3 is 2.41 bits per heavy atom. The summed E-state index contributed by atoms with van der Waals surface area (Å²) in [6.07, 6.45) is 0.